The molecule has 1 fully saturated rings. The van der Waals surface area contributed by atoms with Crippen LogP contribution in [0.2, 0.25) is 0 Å². The van der Waals surface area contributed by atoms with Gasteiger partial charge in [0.1, 0.15) is 11.3 Å². The van der Waals surface area contributed by atoms with Gasteiger partial charge in [-0.05, 0) is 39.2 Å². The Bertz CT molecular complexity index is 1300. The molecule has 2 N–H and O–H groups in total. The molecule has 0 bridgehead atoms. The van der Waals surface area contributed by atoms with Gasteiger partial charge in [-0.3, -0.25) is 4.98 Å². The fourth-order valence-electron chi connectivity index (χ4n) is 5.18. The van der Waals surface area contributed by atoms with E-state index in [0.717, 1.165) is 31.0 Å². The van der Waals surface area contributed by atoms with Crippen molar-refractivity contribution in [3.05, 3.63) is 58.4 Å². The largest absolute Gasteiger partial charge is 0.419 e. The summed E-state index contributed by atoms with van der Waals surface area (Å²) >= 11 is 0. The number of hydrogen-bond acceptors (Lipinski definition) is 8. The van der Waals surface area contributed by atoms with Gasteiger partial charge in [-0.1, -0.05) is 17.3 Å². The molecule has 2 aliphatic carbocycles. The predicted molar refractivity (Wildman–Crippen MR) is 132 cm³/mol. The van der Waals surface area contributed by atoms with E-state index in [1.165, 1.54) is 0 Å². The molecule has 0 aliphatic heterocycles. The molecule has 0 spiro atoms. The Hall–Kier alpha value is -3.31. The Labute approximate surface area is 212 Å². The van der Waals surface area contributed by atoms with Gasteiger partial charge >= 0.3 is 6.18 Å². The van der Waals surface area contributed by atoms with Crippen LogP contribution in [-0.4, -0.2) is 52.5 Å². The normalized spacial score (nSPS) is 19.2. The summed E-state index contributed by atoms with van der Waals surface area (Å²) in [6, 6.07) is 3.77. The van der Waals surface area contributed by atoms with Crippen molar-refractivity contribution in [1.29, 1.82) is 0 Å². The minimum Gasteiger partial charge on any atom is -0.383 e. The second-order valence-corrected chi connectivity index (χ2v) is 9.40. The third kappa shape index (κ3) is 5.10. The molecular weight excluding hydrogens is 485 g/mol. The van der Waals surface area contributed by atoms with Crippen LogP contribution >= 0.6 is 0 Å². The van der Waals surface area contributed by atoms with Gasteiger partial charge in [0.25, 0.3) is 0 Å². The maximum Gasteiger partial charge on any atom is 0.419 e. The lowest BCUT2D eigenvalue weighted by atomic mass is 10.0. The zero-order valence-corrected chi connectivity index (χ0v) is 20.9. The third-order valence-electron chi connectivity index (χ3n) is 6.95. The molecule has 8 nitrogen and oxygen atoms in total. The summed E-state index contributed by atoms with van der Waals surface area (Å²) in [5.41, 5.74) is 2.91. The second kappa shape index (κ2) is 10.2. The molecule has 37 heavy (non-hydrogen) atoms. The Kier molecular flexibility index (Phi) is 7.00. The monoisotopic (exact) mass is 514 g/mol. The van der Waals surface area contributed by atoms with Gasteiger partial charge in [0.05, 0.1) is 34.9 Å². The number of pyridine rings is 1. The van der Waals surface area contributed by atoms with Crippen molar-refractivity contribution in [2.75, 3.05) is 25.6 Å². The van der Waals surface area contributed by atoms with Gasteiger partial charge in [0.15, 0.2) is 0 Å². The molecule has 2 aliphatic rings. The molecule has 3 heterocycles. The van der Waals surface area contributed by atoms with E-state index in [9.17, 15) is 13.2 Å². The summed E-state index contributed by atoms with van der Waals surface area (Å²) in [5.74, 6) is 0.826. The molecule has 196 valence electrons. The summed E-state index contributed by atoms with van der Waals surface area (Å²) in [7, 11) is 1.65. The van der Waals surface area contributed by atoms with Crippen LogP contribution < -0.4 is 10.6 Å². The number of aromatic nitrogens is 4. The van der Waals surface area contributed by atoms with Crippen LogP contribution in [0.15, 0.2) is 28.9 Å². The van der Waals surface area contributed by atoms with E-state index in [1.807, 2.05) is 6.92 Å². The van der Waals surface area contributed by atoms with E-state index in [2.05, 4.69) is 25.8 Å². The quantitative estimate of drug-likeness (QED) is 0.417. The number of fused-ring (bicyclic) bond motifs is 1. The van der Waals surface area contributed by atoms with Crippen LogP contribution in [0.25, 0.3) is 16.8 Å². The Morgan fingerprint density at radius 3 is 2.68 bits per heavy atom. The van der Waals surface area contributed by atoms with Crippen LogP contribution in [0.4, 0.5) is 19.1 Å². The molecule has 0 amide bonds. The molecule has 11 heteroatoms. The molecular formula is C26H29F3N6O2. The molecule has 0 unspecified atom stereocenters. The van der Waals surface area contributed by atoms with Crippen LogP contribution in [0, 0.1) is 13.8 Å². The third-order valence-corrected chi connectivity index (χ3v) is 6.95. The van der Waals surface area contributed by atoms with E-state index in [-0.39, 0.29) is 23.7 Å². The fourth-order valence-corrected chi connectivity index (χ4v) is 5.18. The minimum absolute atomic E-state index is 0.0190. The molecule has 3 aromatic heterocycles. The van der Waals surface area contributed by atoms with Gasteiger partial charge < -0.3 is 19.9 Å². The molecule has 0 radical (unpaired) electrons. The Balaban J connectivity index is 1.45. The number of alkyl halides is 3. The number of allylic oxidation sites excluding steroid dienone is 1. The van der Waals surface area contributed by atoms with Gasteiger partial charge in [0.2, 0.25) is 5.95 Å². The number of methoxy groups -OCH3 is 1. The van der Waals surface area contributed by atoms with Crippen LogP contribution in [0.3, 0.4) is 0 Å². The topological polar surface area (TPSA) is 98.0 Å². The Morgan fingerprint density at radius 1 is 1.14 bits per heavy atom. The molecule has 0 saturated heterocycles. The minimum atomic E-state index is -4.60. The average Bonchev–Trinajstić information content (AvgIpc) is 3.57. The van der Waals surface area contributed by atoms with Crippen LogP contribution in [0.5, 0.6) is 0 Å². The maximum absolute atomic E-state index is 14.0. The van der Waals surface area contributed by atoms with Crippen molar-refractivity contribution < 1.29 is 22.4 Å². The first-order valence-electron chi connectivity index (χ1n) is 12.3. The van der Waals surface area contributed by atoms with Gasteiger partial charge in [0, 0.05) is 49.5 Å². The van der Waals surface area contributed by atoms with Crippen LogP contribution in [0.1, 0.15) is 53.2 Å². The standard InChI is InChI=1S/C26H29F3N6O2/c1-14-23(15(2)37-35-14)22-10-7-16-17(8-9-19(16)32-22)24-18(26(27,28)29)13-31-25(34-24)33-21-6-4-5-20(21)30-11-12-36-3/h7-8,10,13,20-21,30H,4-6,9,11-12H2,1-3H3,(H,31,33,34)/t20-,21-/m0/s1. The Morgan fingerprint density at radius 2 is 1.95 bits per heavy atom. The molecule has 1 saturated carbocycles. The van der Waals surface area contributed by atoms with Gasteiger partial charge in [-0.15, -0.1) is 0 Å². The first kappa shape index (κ1) is 25.3. The molecule has 2 atom stereocenters. The van der Waals surface area contributed by atoms with Crippen molar-refractivity contribution in [1.82, 2.24) is 25.4 Å². The summed E-state index contributed by atoms with van der Waals surface area (Å²) in [6.45, 7) is 4.92. The van der Waals surface area contributed by atoms with E-state index in [0.29, 0.717) is 53.6 Å². The van der Waals surface area contributed by atoms with Crippen molar-refractivity contribution in [2.45, 2.75) is 57.8 Å². The predicted octanol–water partition coefficient (Wildman–Crippen LogP) is 4.72. The first-order valence-corrected chi connectivity index (χ1v) is 12.3. The highest BCUT2D eigenvalue weighted by Gasteiger charge is 2.38. The van der Waals surface area contributed by atoms with Crippen molar-refractivity contribution in [2.24, 2.45) is 0 Å². The maximum atomic E-state index is 14.0. The zero-order valence-electron chi connectivity index (χ0n) is 20.9. The number of halogens is 3. The highest BCUT2D eigenvalue weighted by atomic mass is 19.4. The highest BCUT2D eigenvalue weighted by molar-refractivity contribution is 5.85. The summed E-state index contributed by atoms with van der Waals surface area (Å²) in [5, 5.41) is 10.7. The summed E-state index contributed by atoms with van der Waals surface area (Å²) in [4.78, 5) is 13.2. The number of aryl methyl sites for hydroxylation is 2. The lowest BCUT2D eigenvalue weighted by Gasteiger charge is -2.23. The fraction of sp³-hybridized carbons (Fsp3) is 0.462. The molecule has 5 rings (SSSR count). The highest BCUT2D eigenvalue weighted by Crippen LogP contribution is 2.40. The van der Waals surface area contributed by atoms with Crippen LogP contribution in [-0.2, 0) is 17.3 Å². The molecule has 0 aromatic carbocycles. The summed E-state index contributed by atoms with van der Waals surface area (Å²) < 4.78 is 52.4. The number of anilines is 1. The number of ether oxygens (including phenoxy) is 1. The molecule has 3 aromatic rings. The average molecular weight is 515 g/mol. The van der Waals surface area contributed by atoms with Crippen molar-refractivity contribution in [3.8, 4) is 11.3 Å². The lowest BCUT2D eigenvalue weighted by Crippen LogP contribution is -2.41. The van der Waals surface area contributed by atoms with Gasteiger partial charge in [-0.25, -0.2) is 9.97 Å². The van der Waals surface area contributed by atoms with Gasteiger partial charge in [-0.2, -0.15) is 13.2 Å². The van der Waals surface area contributed by atoms with Crippen molar-refractivity contribution in [3.63, 3.8) is 0 Å². The smallest absolute Gasteiger partial charge is 0.383 e. The lowest BCUT2D eigenvalue weighted by molar-refractivity contribution is -0.138. The van der Waals surface area contributed by atoms with E-state index in [1.54, 1.807) is 32.2 Å². The number of hydrogen-bond donors (Lipinski definition) is 2. The van der Waals surface area contributed by atoms with E-state index < -0.39 is 11.7 Å². The first-order chi connectivity index (χ1) is 17.8. The summed E-state index contributed by atoms with van der Waals surface area (Å²) in [6.07, 6.45) is 1.28. The number of rotatable bonds is 8. The second-order valence-electron chi connectivity index (χ2n) is 9.40. The van der Waals surface area contributed by atoms with E-state index in [4.69, 9.17) is 14.2 Å². The zero-order chi connectivity index (χ0) is 26.2. The number of nitrogens with one attached hydrogen (secondary N) is 2. The van der Waals surface area contributed by atoms with E-state index >= 15 is 0 Å². The SMILES string of the molecule is COCCN[C@H]1CCC[C@@H]1Nc1ncc(C(F)(F)F)c(C2=CCc3nc(-c4c(C)noc4C)ccc32)n1. The van der Waals surface area contributed by atoms with Crippen molar-refractivity contribution >= 4 is 11.5 Å². The number of nitrogens with zero attached hydrogens (tertiary/aromatic N) is 4.